The zero-order valence-corrected chi connectivity index (χ0v) is 10.8. The van der Waals surface area contributed by atoms with Crippen molar-refractivity contribution >= 4 is 10.8 Å². The fourth-order valence-electron chi connectivity index (χ4n) is 2.08. The van der Waals surface area contributed by atoms with E-state index >= 15 is 0 Å². The van der Waals surface area contributed by atoms with E-state index in [1.807, 2.05) is 31.5 Å². The number of nitrogens with zero attached hydrogens (tertiary/aromatic N) is 2. The van der Waals surface area contributed by atoms with Crippen molar-refractivity contribution in [1.82, 2.24) is 15.5 Å². The van der Waals surface area contributed by atoms with Gasteiger partial charge < -0.3 is 9.84 Å². The van der Waals surface area contributed by atoms with E-state index in [1.165, 1.54) is 16.3 Å². The minimum atomic E-state index is 0.714. The standard InChI is InChI=1S/C15H15N3O/c1-11-6-15(18-19-11)10-17-8-12-2-3-14-9-16-5-4-13(14)7-12/h2-7,9,17H,8,10H2,1H3. The summed E-state index contributed by atoms with van der Waals surface area (Å²) in [6.45, 7) is 3.42. The van der Waals surface area contributed by atoms with Crippen LogP contribution in [0.2, 0.25) is 0 Å². The molecule has 19 heavy (non-hydrogen) atoms. The van der Waals surface area contributed by atoms with Crippen molar-refractivity contribution in [3.8, 4) is 0 Å². The Morgan fingerprint density at radius 3 is 2.89 bits per heavy atom. The predicted molar refractivity (Wildman–Crippen MR) is 73.5 cm³/mol. The molecule has 0 saturated carbocycles. The van der Waals surface area contributed by atoms with Crippen LogP contribution in [-0.2, 0) is 13.1 Å². The zero-order chi connectivity index (χ0) is 13.1. The van der Waals surface area contributed by atoms with Crippen molar-refractivity contribution in [1.29, 1.82) is 0 Å². The molecule has 0 bridgehead atoms. The van der Waals surface area contributed by atoms with Crippen LogP contribution in [-0.4, -0.2) is 10.1 Å². The molecular formula is C15H15N3O. The minimum Gasteiger partial charge on any atom is -0.361 e. The first-order valence-electron chi connectivity index (χ1n) is 6.27. The van der Waals surface area contributed by atoms with Gasteiger partial charge in [0, 0.05) is 36.9 Å². The molecule has 0 aliphatic carbocycles. The summed E-state index contributed by atoms with van der Waals surface area (Å²) in [6, 6.07) is 10.4. The van der Waals surface area contributed by atoms with Crippen molar-refractivity contribution in [3.63, 3.8) is 0 Å². The molecule has 0 aliphatic heterocycles. The summed E-state index contributed by atoms with van der Waals surface area (Å²) >= 11 is 0. The third kappa shape index (κ3) is 2.80. The molecule has 4 nitrogen and oxygen atoms in total. The molecule has 0 aliphatic rings. The molecule has 2 aromatic heterocycles. The van der Waals surface area contributed by atoms with Gasteiger partial charge in [0.15, 0.2) is 0 Å². The van der Waals surface area contributed by atoms with Gasteiger partial charge in [0.1, 0.15) is 5.76 Å². The van der Waals surface area contributed by atoms with Crippen LogP contribution in [0, 0.1) is 6.92 Å². The average Bonchev–Trinajstić information content (AvgIpc) is 2.84. The number of rotatable bonds is 4. The number of aryl methyl sites for hydroxylation is 1. The van der Waals surface area contributed by atoms with Crippen molar-refractivity contribution in [3.05, 3.63) is 59.7 Å². The number of pyridine rings is 1. The Bertz CT molecular complexity index is 690. The van der Waals surface area contributed by atoms with Crippen LogP contribution in [0.4, 0.5) is 0 Å². The van der Waals surface area contributed by atoms with Crippen LogP contribution in [0.25, 0.3) is 10.8 Å². The first-order chi connectivity index (χ1) is 9.31. The quantitative estimate of drug-likeness (QED) is 0.776. The first kappa shape index (κ1) is 11.9. The number of benzene rings is 1. The molecule has 4 heteroatoms. The second-order valence-electron chi connectivity index (χ2n) is 4.59. The Hall–Kier alpha value is -2.20. The molecule has 0 amide bonds. The normalized spacial score (nSPS) is 11.0. The topological polar surface area (TPSA) is 51.0 Å². The summed E-state index contributed by atoms with van der Waals surface area (Å²) in [6.07, 6.45) is 3.70. The molecule has 0 fully saturated rings. The summed E-state index contributed by atoms with van der Waals surface area (Å²) in [5.74, 6) is 0.843. The Morgan fingerprint density at radius 1 is 1.11 bits per heavy atom. The van der Waals surface area contributed by atoms with E-state index in [0.29, 0.717) is 6.54 Å². The van der Waals surface area contributed by atoms with E-state index in [4.69, 9.17) is 4.52 Å². The van der Waals surface area contributed by atoms with Crippen molar-refractivity contribution < 1.29 is 4.52 Å². The van der Waals surface area contributed by atoms with E-state index in [0.717, 1.165) is 18.0 Å². The molecular weight excluding hydrogens is 238 g/mol. The monoisotopic (exact) mass is 253 g/mol. The number of hydrogen-bond acceptors (Lipinski definition) is 4. The second kappa shape index (κ2) is 5.20. The molecule has 3 aromatic rings. The van der Waals surface area contributed by atoms with Crippen LogP contribution in [0.15, 0.2) is 47.2 Å². The highest BCUT2D eigenvalue weighted by Gasteiger charge is 2.00. The number of nitrogens with one attached hydrogen (secondary N) is 1. The minimum absolute atomic E-state index is 0.714. The Kier molecular flexibility index (Phi) is 3.25. The first-order valence-corrected chi connectivity index (χ1v) is 6.27. The SMILES string of the molecule is Cc1cc(CNCc2ccc3cnccc3c2)no1. The van der Waals surface area contributed by atoms with E-state index in [2.05, 4.69) is 33.7 Å². The molecule has 1 N–H and O–H groups in total. The van der Waals surface area contributed by atoms with Gasteiger partial charge in [0.25, 0.3) is 0 Å². The lowest BCUT2D eigenvalue weighted by Crippen LogP contribution is -2.12. The van der Waals surface area contributed by atoms with Crippen molar-refractivity contribution in [2.75, 3.05) is 0 Å². The third-order valence-corrected chi connectivity index (χ3v) is 3.02. The second-order valence-corrected chi connectivity index (χ2v) is 4.59. The Morgan fingerprint density at radius 2 is 2.05 bits per heavy atom. The van der Waals surface area contributed by atoms with Crippen LogP contribution >= 0.6 is 0 Å². The van der Waals surface area contributed by atoms with Gasteiger partial charge in [-0.15, -0.1) is 0 Å². The van der Waals surface area contributed by atoms with Gasteiger partial charge in [0.2, 0.25) is 0 Å². The van der Waals surface area contributed by atoms with E-state index in [-0.39, 0.29) is 0 Å². The molecule has 0 radical (unpaired) electrons. The van der Waals surface area contributed by atoms with Crippen LogP contribution < -0.4 is 5.32 Å². The number of fused-ring (bicyclic) bond motifs is 1. The van der Waals surface area contributed by atoms with Crippen LogP contribution in [0.5, 0.6) is 0 Å². The number of aromatic nitrogens is 2. The third-order valence-electron chi connectivity index (χ3n) is 3.02. The molecule has 0 atom stereocenters. The van der Waals surface area contributed by atoms with E-state index in [1.54, 1.807) is 0 Å². The van der Waals surface area contributed by atoms with Crippen LogP contribution in [0.3, 0.4) is 0 Å². The van der Waals surface area contributed by atoms with Gasteiger partial charge in [-0.25, -0.2) is 0 Å². The molecule has 0 unspecified atom stereocenters. The summed E-state index contributed by atoms with van der Waals surface area (Å²) in [7, 11) is 0. The largest absolute Gasteiger partial charge is 0.361 e. The molecule has 1 aromatic carbocycles. The lowest BCUT2D eigenvalue weighted by atomic mass is 10.1. The van der Waals surface area contributed by atoms with E-state index < -0.39 is 0 Å². The van der Waals surface area contributed by atoms with Crippen LogP contribution in [0.1, 0.15) is 17.0 Å². The summed E-state index contributed by atoms with van der Waals surface area (Å²) in [5.41, 5.74) is 2.18. The fraction of sp³-hybridized carbons (Fsp3) is 0.200. The van der Waals surface area contributed by atoms with Gasteiger partial charge in [-0.2, -0.15) is 0 Å². The highest BCUT2D eigenvalue weighted by Crippen LogP contribution is 2.14. The van der Waals surface area contributed by atoms with Gasteiger partial charge >= 0.3 is 0 Å². The maximum absolute atomic E-state index is 5.03. The maximum Gasteiger partial charge on any atom is 0.133 e. The van der Waals surface area contributed by atoms with Gasteiger partial charge in [-0.1, -0.05) is 17.3 Å². The Balaban J connectivity index is 1.65. The maximum atomic E-state index is 5.03. The van der Waals surface area contributed by atoms with Gasteiger partial charge in [-0.3, -0.25) is 4.98 Å². The van der Waals surface area contributed by atoms with E-state index in [9.17, 15) is 0 Å². The molecule has 3 rings (SSSR count). The zero-order valence-electron chi connectivity index (χ0n) is 10.8. The lowest BCUT2D eigenvalue weighted by molar-refractivity contribution is 0.388. The lowest BCUT2D eigenvalue weighted by Gasteiger charge is -2.04. The molecule has 2 heterocycles. The van der Waals surface area contributed by atoms with Crippen molar-refractivity contribution in [2.45, 2.75) is 20.0 Å². The average molecular weight is 253 g/mol. The van der Waals surface area contributed by atoms with Crippen molar-refractivity contribution in [2.24, 2.45) is 0 Å². The highest BCUT2D eigenvalue weighted by molar-refractivity contribution is 5.81. The molecule has 0 saturated heterocycles. The summed E-state index contributed by atoms with van der Waals surface area (Å²) < 4.78 is 5.03. The smallest absolute Gasteiger partial charge is 0.133 e. The summed E-state index contributed by atoms with van der Waals surface area (Å²) in [5, 5.41) is 9.69. The highest BCUT2D eigenvalue weighted by atomic mass is 16.5. The predicted octanol–water partition coefficient (Wildman–Crippen LogP) is 2.82. The fourth-order valence-corrected chi connectivity index (χ4v) is 2.08. The van der Waals surface area contributed by atoms with Gasteiger partial charge in [0.05, 0.1) is 5.69 Å². The summed E-state index contributed by atoms with van der Waals surface area (Å²) in [4.78, 5) is 4.11. The van der Waals surface area contributed by atoms with Gasteiger partial charge in [-0.05, 0) is 30.0 Å². The Labute approximate surface area is 111 Å². The molecule has 0 spiro atoms. The number of hydrogen-bond donors (Lipinski definition) is 1. The molecule has 96 valence electrons.